The third kappa shape index (κ3) is 3.91. The predicted molar refractivity (Wildman–Crippen MR) is 99.9 cm³/mol. The molecule has 1 aliphatic heterocycles. The van der Waals surface area contributed by atoms with Crippen LogP contribution < -0.4 is 10.1 Å². The van der Waals surface area contributed by atoms with Crippen molar-refractivity contribution in [2.45, 2.75) is 19.9 Å². The van der Waals surface area contributed by atoms with Gasteiger partial charge in [-0.05, 0) is 31.5 Å². The van der Waals surface area contributed by atoms with Gasteiger partial charge in [-0.2, -0.15) is 10.1 Å². The predicted octanol–water partition coefficient (Wildman–Crippen LogP) is 2.81. The Morgan fingerprint density at radius 3 is 2.89 bits per heavy atom. The van der Waals surface area contributed by atoms with Gasteiger partial charge in [-0.25, -0.2) is 9.48 Å². The number of hydrogen-bond acceptors (Lipinski definition) is 7. The fraction of sp³-hybridized carbons (Fsp3) is 0.389. The number of ether oxygens (including phenoxy) is 3. The van der Waals surface area contributed by atoms with E-state index in [1.165, 1.54) is 6.33 Å². The molecule has 0 fully saturated rings. The summed E-state index contributed by atoms with van der Waals surface area (Å²) < 4.78 is 17.4. The van der Waals surface area contributed by atoms with Crippen LogP contribution in [0.2, 0.25) is 5.02 Å². The summed E-state index contributed by atoms with van der Waals surface area (Å²) in [4.78, 5) is 17.0. The van der Waals surface area contributed by atoms with Gasteiger partial charge in [0.25, 0.3) is 0 Å². The molecule has 2 aromatic rings. The molecule has 0 saturated heterocycles. The third-order valence-corrected chi connectivity index (χ3v) is 4.40. The Morgan fingerprint density at radius 1 is 1.37 bits per heavy atom. The molecule has 1 aromatic heterocycles. The molecule has 0 amide bonds. The zero-order valence-electron chi connectivity index (χ0n) is 15.4. The molecule has 0 spiro atoms. The molecule has 27 heavy (non-hydrogen) atoms. The number of allylic oxidation sites excluding steroid dienone is 1. The third-order valence-electron chi connectivity index (χ3n) is 4.11. The van der Waals surface area contributed by atoms with E-state index < -0.39 is 12.0 Å². The number of aromatic nitrogens is 3. The second-order valence-corrected chi connectivity index (χ2v) is 6.25. The molecule has 0 aliphatic carbocycles. The Hall–Kier alpha value is -2.58. The molecule has 3 rings (SSSR count). The molecule has 9 heteroatoms. The number of hydrogen-bond donors (Lipinski definition) is 1. The summed E-state index contributed by atoms with van der Waals surface area (Å²) in [6.07, 6.45) is 1.43. The summed E-state index contributed by atoms with van der Waals surface area (Å²) in [5.41, 5.74) is 1.85. The minimum absolute atomic E-state index is 0.160. The van der Waals surface area contributed by atoms with Crippen LogP contribution in [0, 0.1) is 0 Å². The lowest BCUT2D eigenvalue weighted by Gasteiger charge is -2.28. The van der Waals surface area contributed by atoms with E-state index in [0.717, 1.165) is 5.56 Å². The molecule has 1 N–H and O–H groups in total. The summed E-state index contributed by atoms with van der Waals surface area (Å²) in [6, 6.07) is 4.88. The van der Waals surface area contributed by atoms with Crippen molar-refractivity contribution in [1.29, 1.82) is 0 Å². The van der Waals surface area contributed by atoms with Crippen LogP contribution in [-0.4, -0.2) is 47.7 Å². The average Bonchev–Trinajstić information content (AvgIpc) is 3.10. The van der Waals surface area contributed by atoms with Crippen LogP contribution in [0.25, 0.3) is 0 Å². The lowest BCUT2D eigenvalue weighted by atomic mass is 9.95. The number of anilines is 1. The molecule has 1 aromatic carbocycles. The van der Waals surface area contributed by atoms with Crippen LogP contribution in [-0.2, 0) is 14.3 Å². The summed E-state index contributed by atoms with van der Waals surface area (Å²) in [6.45, 7) is 4.68. The van der Waals surface area contributed by atoms with Crippen molar-refractivity contribution in [3.05, 3.63) is 46.4 Å². The Balaban J connectivity index is 2.01. The van der Waals surface area contributed by atoms with E-state index in [4.69, 9.17) is 25.8 Å². The minimum atomic E-state index is -0.521. The molecule has 0 saturated carbocycles. The highest BCUT2D eigenvalue weighted by Crippen LogP contribution is 2.37. The number of nitrogens with zero attached hydrogens (tertiary/aromatic N) is 3. The Bertz CT molecular complexity index is 865. The number of methoxy groups -OCH3 is 1. The molecule has 0 bridgehead atoms. The van der Waals surface area contributed by atoms with Crippen molar-refractivity contribution in [3.8, 4) is 5.75 Å². The summed E-state index contributed by atoms with van der Waals surface area (Å²) in [7, 11) is 1.55. The normalized spacial score (nSPS) is 15.9. The molecule has 2 heterocycles. The fourth-order valence-corrected chi connectivity index (χ4v) is 3.16. The van der Waals surface area contributed by atoms with Crippen LogP contribution in [0.3, 0.4) is 0 Å². The van der Waals surface area contributed by atoms with Gasteiger partial charge in [-0.1, -0.05) is 17.7 Å². The highest BCUT2D eigenvalue weighted by Gasteiger charge is 2.34. The van der Waals surface area contributed by atoms with E-state index in [0.29, 0.717) is 41.2 Å². The number of carbonyl (C=O) groups is 1. The largest absolute Gasteiger partial charge is 0.492 e. The number of carbonyl (C=O) groups excluding carboxylic acids is 1. The second kappa shape index (κ2) is 8.41. The van der Waals surface area contributed by atoms with Gasteiger partial charge < -0.3 is 19.5 Å². The van der Waals surface area contributed by atoms with Crippen LogP contribution in [0.15, 0.2) is 35.8 Å². The first kappa shape index (κ1) is 19.2. The van der Waals surface area contributed by atoms with Gasteiger partial charge in [0.2, 0.25) is 5.95 Å². The quantitative estimate of drug-likeness (QED) is 0.572. The molecule has 8 nitrogen and oxygen atoms in total. The number of halogens is 1. The Kier molecular flexibility index (Phi) is 5.98. The maximum absolute atomic E-state index is 12.8. The first-order chi connectivity index (χ1) is 13.1. The summed E-state index contributed by atoms with van der Waals surface area (Å²) in [5.74, 6) is 0.671. The van der Waals surface area contributed by atoms with E-state index in [2.05, 4.69) is 15.4 Å². The highest BCUT2D eigenvalue weighted by atomic mass is 35.5. The van der Waals surface area contributed by atoms with Crippen LogP contribution in [0.5, 0.6) is 5.75 Å². The van der Waals surface area contributed by atoms with Crippen molar-refractivity contribution in [2.24, 2.45) is 0 Å². The molecule has 1 atom stereocenters. The van der Waals surface area contributed by atoms with Gasteiger partial charge in [0, 0.05) is 12.8 Å². The fourth-order valence-electron chi connectivity index (χ4n) is 2.92. The molecule has 0 unspecified atom stereocenters. The van der Waals surface area contributed by atoms with Crippen LogP contribution in [0.4, 0.5) is 5.95 Å². The molecule has 0 radical (unpaired) electrons. The number of esters is 1. The zero-order valence-corrected chi connectivity index (χ0v) is 16.1. The van der Waals surface area contributed by atoms with E-state index >= 15 is 0 Å². The minimum Gasteiger partial charge on any atom is -0.492 e. The van der Waals surface area contributed by atoms with Gasteiger partial charge in [0.15, 0.2) is 0 Å². The lowest BCUT2D eigenvalue weighted by molar-refractivity contribution is -0.140. The van der Waals surface area contributed by atoms with Gasteiger partial charge in [0.1, 0.15) is 24.7 Å². The molecule has 144 valence electrons. The first-order valence-electron chi connectivity index (χ1n) is 8.52. The molecular weight excluding hydrogens is 372 g/mol. The average molecular weight is 393 g/mol. The van der Waals surface area contributed by atoms with E-state index in [1.807, 2.05) is 13.0 Å². The standard InChI is InChI=1S/C18H21ClN4O4/c1-4-26-14-6-5-12(9-13(14)19)16-15(17(24)27-8-7-25-3)11(2)22-18-20-10-21-23(16)18/h5-6,9-10,16H,4,7-8H2,1-3H3,(H,20,21,22)/t16-/m0/s1. The van der Waals surface area contributed by atoms with Gasteiger partial charge in [-0.15, -0.1) is 0 Å². The number of benzene rings is 1. The van der Waals surface area contributed by atoms with E-state index in [-0.39, 0.29) is 6.61 Å². The maximum atomic E-state index is 12.8. The SMILES string of the molecule is CCOc1ccc([C@H]2C(C(=O)OCCOC)=C(C)Nc3ncnn32)cc1Cl. The van der Waals surface area contributed by atoms with Crippen molar-refractivity contribution < 1.29 is 19.0 Å². The first-order valence-corrected chi connectivity index (χ1v) is 8.90. The Morgan fingerprint density at radius 2 is 2.19 bits per heavy atom. The monoisotopic (exact) mass is 392 g/mol. The lowest BCUT2D eigenvalue weighted by Crippen LogP contribution is -2.30. The molecule has 1 aliphatic rings. The zero-order chi connectivity index (χ0) is 19.4. The summed E-state index contributed by atoms with van der Waals surface area (Å²) in [5, 5.41) is 7.81. The molecular formula is C18H21ClN4O4. The Labute approximate surface area is 162 Å². The smallest absolute Gasteiger partial charge is 0.338 e. The summed E-state index contributed by atoms with van der Waals surface area (Å²) >= 11 is 6.36. The van der Waals surface area contributed by atoms with Crippen molar-refractivity contribution >= 4 is 23.5 Å². The highest BCUT2D eigenvalue weighted by molar-refractivity contribution is 6.32. The van der Waals surface area contributed by atoms with E-state index in [9.17, 15) is 4.79 Å². The topological polar surface area (TPSA) is 87.5 Å². The van der Waals surface area contributed by atoms with Crippen LogP contribution >= 0.6 is 11.6 Å². The van der Waals surface area contributed by atoms with Crippen molar-refractivity contribution in [1.82, 2.24) is 14.8 Å². The van der Waals surface area contributed by atoms with Crippen molar-refractivity contribution in [3.63, 3.8) is 0 Å². The van der Waals surface area contributed by atoms with Gasteiger partial charge in [0.05, 0.1) is 23.8 Å². The second-order valence-electron chi connectivity index (χ2n) is 5.85. The maximum Gasteiger partial charge on any atom is 0.338 e. The number of fused-ring (bicyclic) bond motifs is 1. The van der Waals surface area contributed by atoms with Crippen LogP contribution in [0.1, 0.15) is 25.5 Å². The number of nitrogens with one attached hydrogen (secondary N) is 1. The van der Waals surface area contributed by atoms with E-state index in [1.54, 1.807) is 30.8 Å². The van der Waals surface area contributed by atoms with Gasteiger partial charge >= 0.3 is 5.97 Å². The van der Waals surface area contributed by atoms with Gasteiger partial charge in [-0.3, -0.25) is 0 Å². The van der Waals surface area contributed by atoms with Crippen molar-refractivity contribution in [2.75, 3.05) is 32.2 Å². The number of rotatable bonds is 7.